The zero-order valence-electron chi connectivity index (χ0n) is 8.23. The average molecular weight is 273 g/mol. The van der Waals surface area contributed by atoms with Gasteiger partial charge in [-0.25, -0.2) is 0 Å². The van der Waals surface area contributed by atoms with Crippen molar-refractivity contribution >= 4 is 0 Å². The zero-order chi connectivity index (χ0) is 10.7. The van der Waals surface area contributed by atoms with E-state index in [0.717, 1.165) is 6.42 Å². The van der Waals surface area contributed by atoms with Crippen molar-refractivity contribution < 1.29 is 27.5 Å². The van der Waals surface area contributed by atoms with Crippen LogP contribution in [-0.2, 0) is 34.0 Å². The van der Waals surface area contributed by atoms with Gasteiger partial charge in [-0.05, 0) is 28.7 Å². The van der Waals surface area contributed by atoms with Crippen molar-refractivity contribution in [3.63, 3.8) is 0 Å². The third kappa shape index (κ3) is 1.91. The van der Waals surface area contributed by atoms with E-state index in [1.807, 2.05) is 0 Å². The molecule has 0 aromatic heterocycles. The van der Waals surface area contributed by atoms with Crippen molar-refractivity contribution in [2.24, 2.45) is 0 Å². The monoisotopic (exact) mass is 272 g/mol. The van der Waals surface area contributed by atoms with E-state index in [4.69, 9.17) is 2.81 Å². The van der Waals surface area contributed by atoms with E-state index in [0.29, 0.717) is 24.7 Å². The second-order valence-electron chi connectivity index (χ2n) is 3.49. The Kier molecular flexibility index (Phi) is 3.38. The summed E-state index contributed by atoms with van der Waals surface area (Å²) in [6, 6.07) is 17.3. The van der Waals surface area contributed by atoms with Gasteiger partial charge < -0.3 is 0 Å². The maximum Gasteiger partial charge on any atom is -0.00135 e. The third-order valence-corrected chi connectivity index (χ3v) is 2.71. The molecule has 1 nitrogen and oxygen atoms in total. The molecule has 0 amide bonds. The molecular formula is C13H10OZr. The van der Waals surface area contributed by atoms with E-state index in [9.17, 15) is 0 Å². The van der Waals surface area contributed by atoms with Crippen molar-refractivity contribution in [2.75, 3.05) is 0 Å². The van der Waals surface area contributed by atoms with E-state index >= 15 is 0 Å². The van der Waals surface area contributed by atoms with E-state index in [1.165, 1.54) is 22.3 Å². The van der Waals surface area contributed by atoms with Crippen LogP contribution in [0.4, 0.5) is 0 Å². The Labute approximate surface area is 104 Å². The fraction of sp³-hybridized carbons (Fsp3) is 0.0769. The summed E-state index contributed by atoms with van der Waals surface area (Å²) < 4.78 is 8.34. The summed E-state index contributed by atoms with van der Waals surface area (Å²) in [5.41, 5.74) is 5.75. The number of rotatable bonds is 0. The van der Waals surface area contributed by atoms with Crippen molar-refractivity contribution in [2.45, 2.75) is 6.42 Å². The van der Waals surface area contributed by atoms with Crippen LogP contribution in [0.25, 0.3) is 11.1 Å². The third-order valence-electron chi connectivity index (χ3n) is 2.71. The average Bonchev–Trinajstić information content (AvgIpc) is 2.70. The van der Waals surface area contributed by atoms with Crippen molar-refractivity contribution in [3.8, 4) is 11.1 Å². The molecule has 2 heteroatoms. The number of fused-ring (bicyclic) bond motifs is 3. The van der Waals surface area contributed by atoms with Gasteiger partial charge in [0.15, 0.2) is 0 Å². The molecular weight excluding hydrogens is 263 g/mol. The maximum absolute atomic E-state index is 8.34. The van der Waals surface area contributed by atoms with Crippen molar-refractivity contribution in [3.05, 3.63) is 59.7 Å². The molecule has 0 aliphatic heterocycles. The molecule has 1 aliphatic rings. The van der Waals surface area contributed by atoms with Crippen LogP contribution in [0.5, 0.6) is 0 Å². The number of benzene rings is 2. The summed E-state index contributed by atoms with van der Waals surface area (Å²) in [5, 5.41) is 0. The minimum Gasteiger partial charge on any atom is -0.0619 e. The van der Waals surface area contributed by atoms with Gasteiger partial charge >= 0.3 is 27.5 Å². The molecule has 2 aromatic rings. The summed E-state index contributed by atoms with van der Waals surface area (Å²) in [5.74, 6) is 0. The minimum atomic E-state index is 0.300. The molecule has 0 bridgehead atoms. The molecule has 15 heavy (non-hydrogen) atoms. The Balaban J connectivity index is 0.000000404. The maximum atomic E-state index is 8.34. The van der Waals surface area contributed by atoms with Crippen LogP contribution in [0.1, 0.15) is 11.1 Å². The number of hydrogen-bond donors (Lipinski definition) is 0. The first-order valence-electron chi connectivity index (χ1n) is 4.82. The molecule has 1 aliphatic carbocycles. The largest absolute Gasteiger partial charge is 0.0619 e. The van der Waals surface area contributed by atoms with E-state index in [-0.39, 0.29) is 0 Å². The molecule has 0 fully saturated rings. The van der Waals surface area contributed by atoms with Crippen LogP contribution in [0.2, 0.25) is 0 Å². The topological polar surface area (TPSA) is 17.1 Å². The molecule has 0 spiro atoms. The van der Waals surface area contributed by atoms with Gasteiger partial charge in [-0.15, -0.1) is 0 Å². The summed E-state index contributed by atoms with van der Waals surface area (Å²) in [6.07, 6.45) is 1.10. The summed E-state index contributed by atoms with van der Waals surface area (Å²) in [7, 11) is 0. The fourth-order valence-corrected chi connectivity index (χ4v) is 2.08. The van der Waals surface area contributed by atoms with Crippen LogP contribution in [0.3, 0.4) is 0 Å². The van der Waals surface area contributed by atoms with Gasteiger partial charge in [-0.1, -0.05) is 48.5 Å². The van der Waals surface area contributed by atoms with Crippen LogP contribution in [0, 0.1) is 0 Å². The molecule has 0 saturated carbocycles. The van der Waals surface area contributed by atoms with E-state index < -0.39 is 0 Å². The minimum absolute atomic E-state index is 0.300. The molecule has 72 valence electrons. The van der Waals surface area contributed by atoms with Crippen LogP contribution >= 0.6 is 0 Å². The Bertz CT molecular complexity index is 436. The Morgan fingerprint density at radius 1 is 0.733 bits per heavy atom. The normalized spacial score (nSPS) is 10.9. The van der Waals surface area contributed by atoms with Gasteiger partial charge in [0.1, 0.15) is 0 Å². The molecule has 0 heterocycles. The molecule has 0 radical (unpaired) electrons. The van der Waals surface area contributed by atoms with Gasteiger partial charge in [-0.3, -0.25) is 0 Å². The summed E-state index contributed by atoms with van der Waals surface area (Å²) >= 11 is 0.300. The SMILES string of the molecule is [O]=[Zr].c1ccc2c(c1)Cc1ccccc1-2. The summed E-state index contributed by atoms with van der Waals surface area (Å²) in [4.78, 5) is 0. The molecule has 3 rings (SSSR count). The van der Waals surface area contributed by atoms with E-state index in [1.54, 1.807) is 0 Å². The van der Waals surface area contributed by atoms with Gasteiger partial charge in [0.25, 0.3) is 0 Å². The van der Waals surface area contributed by atoms with Crippen LogP contribution in [-0.4, -0.2) is 0 Å². The van der Waals surface area contributed by atoms with Crippen LogP contribution < -0.4 is 0 Å². The van der Waals surface area contributed by atoms with Gasteiger partial charge in [0, 0.05) is 0 Å². The smallest absolute Gasteiger partial charge is 0.00135 e. The molecule has 0 saturated heterocycles. The first-order chi connectivity index (χ1) is 7.45. The predicted molar refractivity (Wildman–Crippen MR) is 55.4 cm³/mol. The first-order valence-corrected chi connectivity index (χ1v) is 5.82. The predicted octanol–water partition coefficient (Wildman–Crippen LogP) is 3.14. The van der Waals surface area contributed by atoms with Gasteiger partial charge in [0.2, 0.25) is 0 Å². The fourth-order valence-electron chi connectivity index (χ4n) is 2.08. The molecule has 0 unspecified atom stereocenters. The first kappa shape index (κ1) is 10.6. The van der Waals surface area contributed by atoms with E-state index in [2.05, 4.69) is 48.5 Å². The molecule has 0 N–H and O–H groups in total. The Morgan fingerprint density at radius 3 is 1.60 bits per heavy atom. The second kappa shape index (κ2) is 4.76. The van der Waals surface area contributed by atoms with Crippen molar-refractivity contribution in [1.29, 1.82) is 0 Å². The Morgan fingerprint density at radius 2 is 1.13 bits per heavy atom. The van der Waals surface area contributed by atoms with Gasteiger partial charge in [0.05, 0.1) is 0 Å². The van der Waals surface area contributed by atoms with Crippen LogP contribution in [0.15, 0.2) is 48.5 Å². The standard InChI is InChI=1S/C13H10.O.Zr/c1-3-7-12-10(5-1)9-11-6-2-4-8-13(11)12;;/h1-8H,9H2;;. The molecule has 2 aromatic carbocycles. The number of hydrogen-bond acceptors (Lipinski definition) is 1. The second-order valence-corrected chi connectivity index (χ2v) is 3.49. The summed E-state index contributed by atoms with van der Waals surface area (Å²) in [6.45, 7) is 0. The zero-order valence-corrected chi connectivity index (χ0v) is 10.7. The molecule has 0 atom stereocenters. The quantitative estimate of drug-likeness (QED) is 0.615. The Hall–Kier alpha value is -0.877. The van der Waals surface area contributed by atoms with Gasteiger partial charge in [-0.2, -0.15) is 0 Å². The van der Waals surface area contributed by atoms with Crippen molar-refractivity contribution in [1.82, 2.24) is 0 Å².